The van der Waals surface area contributed by atoms with E-state index in [1.165, 1.54) is 0 Å². The molecule has 4 heterocycles. The second kappa shape index (κ2) is 9.38. The van der Waals surface area contributed by atoms with Crippen LogP contribution in [0.1, 0.15) is 34.7 Å². The molecule has 8 heteroatoms. The van der Waals surface area contributed by atoms with Gasteiger partial charge >= 0.3 is 0 Å². The summed E-state index contributed by atoms with van der Waals surface area (Å²) in [5.74, 6) is 2.31. The molecule has 4 aromatic rings. The quantitative estimate of drug-likeness (QED) is 0.382. The van der Waals surface area contributed by atoms with E-state index in [1.807, 2.05) is 67.0 Å². The van der Waals surface area contributed by atoms with E-state index in [-0.39, 0.29) is 12.1 Å². The normalized spacial score (nSPS) is 17.4. The zero-order valence-corrected chi connectivity index (χ0v) is 20.9. The monoisotopic (exact) mass is 485 g/mol. The number of nitrogens with one attached hydrogen (secondary N) is 1. The van der Waals surface area contributed by atoms with E-state index >= 15 is 0 Å². The van der Waals surface area contributed by atoms with Gasteiger partial charge in [-0.2, -0.15) is 0 Å². The largest absolute Gasteiger partial charge is 0.497 e. The summed E-state index contributed by atoms with van der Waals surface area (Å²) in [6, 6.07) is 19.5. The van der Waals surface area contributed by atoms with Crippen LogP contribution in [0.3, 0.4) is 0 Å². The van der Waals surface area contributed by atoms with Gasteiger partial charge in [-0.05, 0) is 74.1 Å². The Bertz CT molecular complexity index is 1360. The molecule has 5 rings (SSSR count). The third kappa shape index (κ3) is 4.00. The van der Waals surface area contributed by atoms with Crippen molar-refractivity contribution in [1.29, 1.82) is 0 Å². The summed E-state index contributed by atoms with van der Waals surface area (Å²) in [6.07, 6.45) is 3.62. The Morgan fingerprint density at radius 1 is 0.914 bits per heavy atom. The Morgan fingerprint density at radius 2 is 1.69 bits per heavy atom. The number of methoxy groups -OCH3 is 2. The van der Waals surface area contributed by atoms with Crippen LogP contribution in [-0.4, -0.2) is 33.9 Å². The van der Waals surface area contributed by atoms with Gasteiger partial charge in [0.05, 0.1) is 37.7 Å². The summed E-state index contributed by atoms with van der Waals surface area (Å²) in [5, 5.41) is 4.12. The lowest BCUT2D eigenvalue weighted by molar-refractivity contribution is 0.403. The van der Waals surface area contributed by atoms with Gasteiger partial charge in [0, 0.05) is 29.8 Å². The number of rotatable bonds is 6. The van der Waals surface area contributed by atoms with Crippen molar-refractivity contribution in [3.63, 3.8) is 0 Å². The molecule has 35 heavy (non-hydrogen) atoms. The molecule has 0 saturated carbocycles. The lowest BCUT2D eigenvalue weighted by Gasteiger charge is -2.29. The predicted molar refractivity (Wildman–Crippen MR) is 141 cm³/mol. The third-order valence-electron chi connectivity index (χ3n) is 6.41. The van der Waals surface area contributed by atoms with Crippen molar-refractivity contribution in [3.05, 3.63) is 95.7 Å². The molecular formula is C27H27N5O2S. The number of benzene rings is 1. The molecule has 1 fully saturated rings. The predicted octanol–water partition coefficient (Wildman–Crippen LogP) is 5.08. The maximum atomic E-state index is 5.91. The molecule has 0 amide bonds. The second-order valence-electron chi connectivity index (χ2n) is 8.38. The van der Waals surface area contributed by atoms with E-state index in [9.17, 15) is 0 Å². The molecule has 178 valence electrons. The first kappa shape index (κ1) is 22.9. The van der Waals surface area contributed by atoms with Crippen LogP contribution in [0.5, 0.6) is 11.5 Å². The summed E-state index contributed by atoms with van der Waals surface area (Å²) in [7, 11) is 3.32. The number of hydrogen-bond donors (Lipinski definition) is 1. The van der Waals surface area contributed by atoms with Crippen molar-refractivity contribution in [2.75, 3.05) is 19.1 Å². The molecule has 1 aromatic carbocycles. The number of pyridine rings is 2. The highest BCUT2D eigenvalue weighted by molar-refractivity contribution is 7.80. The zero-order valence-electron chi connectivity index (χ0n) is 20.1. The second-order valence-corrected chi connectivity index (χ2v) is 8.77. The summed E-state index contributed by atoms with van der Waals surface area (Å²) >= 11 is 5.91. The molecular weight excluding hydrogens is 458 g/mol. The van der Waals surface area contributed by atoms with Crippen molar-refractivity contribution in [3.8, 4) is 17.3 Å². The van der Waals surface area contributed by atoms with Gasteiger partial charge in [0.25, 0.3) is 0 Å². The fourth-order valence-corrected chi connectivity index (χ4v) is 5.18. The topological polar surface area (TPSA) is 64.4 Å². The molecule has 1 saturated heterocycles. The number of anilines is 1. The molecule has 0 radical (unpaired) electrons. The molecule has 0 aliphatic carbocycles. The molecule has 3 aromatic heterocycles. The lowest BCUT2D eigenvalue weighted by Crippen LogP contribution is -2.30. The van der Waals surface area contributed by atoms with Crippen LogP contribution in [0.15, 0.2) is 73.1 Å². The van der Waals surface area contributed by atoms with Gasteiger partial charge in [-0.3, -0.25) is 4.98 Å². The van der Waals surface area contributed by atoms with Crippen molar-refractivity contribution in [1.82, 2.24) is 19.9 Å². The molecule has 1 aliphatic heterocycles. The molecule has 1 aliphatic rings. The van der Waals surface area contributed by atoms with E-state index in [4.69, 9.17) is 21.7 Å². The van der Waals surface area contributed by atoms with Gasteiger partial charge in [0.2, 0.25) is 0 Å². The summed E-state index contributed by atoms with van der Waals surface area (Å²) in [5.41, 5.74) is 5.04. The van der Waals surface area contributed by atoms with E-state index in [1.54, 1.807) is 14.2 Å². The van der Waals surface area contributed by atoms with Crippen LogP contribution in [-0.2, 0) is 0 Å². The SMILES string of the molecule is COc1ccc(OC)c(N2C(=S)N[C@@H](c3ccccn3)[C@@H]2c2cc(C)n(-c3ccccn3)c2C)c1. The average molecular weight is 486 g/mol. The number of aromatic nitrogens is 3. The van der Waals surface area contributed by atoms with E-state index < -0.39 is 0 Å². The summed E-state index contributed by atoms with van der Waals surface area (Å²) in [4.78, 5) is 11.4. The van der Waals surface area contributed by atoms with Crippen LogP contribution < -0.4 is 19.7 Å². The highest BCUT2D eigenvalue weighted by Crippen LogP contribution is 2.46. The van der Waals surface area contributed by atoms with Crippen LogP contribution in [0.4, 0.5) is 5.69 Å². The number of hydrogen-bond acceptors (Lipinski definition) is 5. The van der Waals surface area contributed by atoms with Gasteiger partial charge in [-0.25, -0.2) is 4.98 Å². The molecule has 0 unspecified atom stereocenters. The summed E-state index contributed by atoms with van der Waals surface area (Å²) in [6.45, 7) is 4.22. The fourth-order valence-electron chi connectivity index (χ4n) is 4.84. The number of ether oxygens (including phenoxy) is 2. The minimum Gasteiger partial charge on any atom is -0.497 e. The molecule has 7 nitrogen and oxygen atoms in total. The number of nitrogens with zero attached hydrogens (tertiary/aromatic N) is 4. The third-order valence-corrected chi connectivity index (χ3v) is 6.73. The highest BCUT2D eigenvalue weighted by atomic mass is 32.1. The minimum atomic E-state index is -0.179. The van der Waals surface area contributed by atoms with Crippen molar-refractivity contribution >= 4 is 23.0 Å². The Morgan fingerprint density at radius 3 is 2.34 bits per heavy atom. The fraction of sp³-hybridized carbons (Fsp3) is 0.222. The van der Waals surface area contributed by atoms with Crippen molar-refractivity contribution in [2.24, 2.45) is 0 Å². The van der Waals surface area contributed by atoms with Gasteiger partial charge in [0.1, 0.15) is 17.3 Å². The molecule has 0 spiro atoms. The van der Waals surface area contributed by atoms with E-state index in [0.29, 0.717) is 10.9 Å². The Kier molecular flexibility index (Phi) is 6.13. The Labute approximate surface area is 210 Å². The first-order valence-corrected chi connectivity index (χ1v) is 11.8. The smallest absolute Gasteiger partial charge is 0.174 e. The van der Waals surface area contributed by atoms with Crippen molar-refractivity contribution < 1.29 is 9.47 Å². The maximum Gasteiger partial charge on any atom is 0.174 e. The lowest BCUT2D eigenvalue weighted by atomic mass is 9.96. The van der Waals surface area contributed by atoms with Crippen LogP contribution >= 0.6 is 12.2 Å². The van der Waals surface area contributed by atoms with Gasteiger partial charge in [-0.15, -0.1) is 0 Å². The van der Waals surface area contributed by atoms with Crippen LogP contribution in [0, 0.1) is 13.8 Å². The van der Waals surface area contributed by atoms with Crippen molar-refractivity contribution in [2.45, 2.75) is 25.9 Å². The standard InChI is InChI=1S/C27H27N5O2S/c1-17-15-20(18(2)31(17)24-10-6-8-14-29-24)26-25(21-9-5-7-13-28-21)30-27(35)32(26)22-16-19(33-3)11-12-23(22)34-4/h5-16,25-26H,1-4H3,(H,30,35)/t25-,26-/m0/s1. The number of aryl methyl sites for hydroxylation is 1. The zero-order chi connectivity index (χ0) is 24.5. The van der Waals surface area contributed by atoms with Gasteiger partial charge < -0.3 is 24.3 Å². The Balaban J connectivity index is 1.72. The molecule has 2 atom stereocenters. The highest BCUT2D eigenvalue weighted by Gasteiger charge is 2.43. The van der Waals surface area contributed by atoms with Gasteiger partial charge in [0.15, 0.2) is 5.11 Å². The first-order valence-electron chi connectivity index (χ1n) is 11.4. The minimum absolute atomic E-state index is 0.169. The maximum absolute atomic E-state index is 5.91. The molecule has 0 bridgehead atoms. The van der Waals surface area contributed by atoms with Crippen LogP contribution in [0.25, 0.3) is 5.82 Å². The Hall–Kier alpha value is -3.91. The van der Waals surface area contributed by atoms with E-state index in [2.05, 4.69) is 44.7 Å². The first-order chi connectivity index (χ1) is 17.0. The van der Waals surface area contributed by atoms with E-state index in [0.717, 1.165) is 39.9 Å². The molecule has 1 N–H and O–H groups in total. The number of thiocarbonyl (C=S) groups is 1. The van der Waals surface area contributed by atoms with Crippen LogP contribution in [0.2, 0.25) is 0 Å². The van der Waals surface area contributed by atoms with Gasteiger partial charge in [-0.1, -0.05) is 12.1 Å². The average Bonchev–Trinajstić information content (AvgIpc) is 3.39. The summed E-state index contributed by atoms with van der Waals surface area (Å²) < 4.78 is 13.5.